The van der Waals surface area contributed by atoms with Gasteiger partial charge in [-0.05, 0) is 18.6 Å². The van der Waals surface area contributed by atoms with E-state index in [4.69, 9.17) is 9.47 Å². The molecular weight excluding hydrogens is 256 g/mol. The lowest BCUT2D eigenvalue weighted by Gasteiger charge is -2.34. The molecule has 0 amide bonds. The van der Waals surface area contributed by atoms with Gasteiger partial charge in [0, 0.05) is 18.6 Å². The van der Waals surface area contributed by atoms with Crippen molar-refractivity contribution in [2.45, 2.75) is 18.9 Å². The molecule has 1 aromatic carbocycles. The highest BCUT2D eigenvalue weighted by atomic mass is 16.5. The van der Waals surface area contributed by atoms with Gasteiger partial charge in [-0.2, -0.15) is 0 Å². The number of rotatable bonds is 5. The van der Waals surface area contributed by atoms with Crippen LogP contribution in [0.2, 0.25) is 0 Å². The van der Waals surface area contributed by atoms with Crippen molar-refractivity contribution in [2.75, 3.05) is 13.7 Å². The lowest BCUT2D eigenvalue weighted by Crippen LogP contribution is -2.39. The van der Waals surface area contributed by atoms with Crippen molar-refractivity contribution in [2.24, 2.45) is 0 Å². The number of benzene rings is 1. The molecule has 20 heavy (non-hydrogen) atoms. The zero-order chi connectivity index (χ0) is 14.6. The van der Waals surface area contributed by atoms with E-state index in [2.05, 4.69) is 0 Å². The zero-order valence-corrected chi connectivity index (χ0v) is 11.6. The molecule has 106 valence electrons. The van der Waals surface area contributed by atoms with Crippen molar-refractivity contribution in [3.8, 4) is 0 Å². The highest BCUT2D eigenvalue weighted by Gasteiger charge is 2.41. The van der Waals surface area contributed by atoms with Gasteiger partial charge in [0.25, 0.3) is 0 Å². The molecule has 1 aliphatic rings. The molecule has 0 fully saturated rings. The summed E-state index contributed by atoms with van der Waals surface area (Å²) in [6.45, 7) is 2.22. The average molecular weight is 274 g/mol. The first-order valence-electron chi connectivity index (χ1n) is 6.51. The second-order valence-corrected chi connectivity index (χ2v) is 4.55. The van der Waals surface area contributed by atoms with Crippen molar-refractivity contribution in [3.05, 3.63) is 53.5 Å². The van der Waals surface area contributed by atoms with Crippen molar-refractivity contribution in [1.29, 1.82) is 0 Å². The number of aliphatic hydroxyl groups is 1. The summed E-state index contributed by atoms with van der Waals surface area (Å²) in [5, 5.41) is 10.0. The third-order valence-electron chi connectivity index (χ3n) is 3.37. The molecule has 0 saturated heterocycles. The molecular formula is C16H18O4. The van der Waals surface area contributed by atoms with Crippen molar-refractivity contribution in [1.82, 2.24) is 0 Å². The number of methoxy groups -OCH3 is 1. The first-order chi connectivity index (χ1) is 9.66. The van der Waals surface area contributed by atoms with Crippen LogP contribution >= 0.6 is 0 Å². The Labute approximate surface area is 118 Å². The van der Waals surface area contributed by atoms with Gasteiger partial charge in [-0.1, -0.05) is 30.3 Å². The molecule has 0 spiro atoms. The SMILES string of the molecule is CCOC1(C=O)CC(OC)=C(O)C=C1c1ccccc1. The number of allylic oxidation sites excluding steroid dienone is 1. The number of aldehydes is 1. The van der Waals surface area contributed by atoms with Gasteiger partial charge in [-0.3, -0.25) is 4.79 Å². The van der Waals surface area contributed by atoms with Crippen LogP contribution in [-0.4, -0.2) is 30.7 Å². The lowest BCUT2D eigenvalue weighted by molar-refractivity contribution is -0.124. The Morgan fingerprint density at radius 1 is 1.35 bits per heavy atom. The van der Waals surface area contributed by atoms with Gasteiger partial charge in [0.15, 0.2) is 17.6 Å². The van der Waals surface area contributed by atoms with Crippen LogP contribution in [0.25, 0.3) is 5.57 Å². The van der Waals surface area contributed by atoms with Crippen LogP contribution in [0.15, 0.2) is 47.9 Å². The van der Waals surface area contributed by atoms with Crippen LogP contribution in [0.1, 0.15) is 18.9 Å². The van der Waals surface area contributed by atoms with E-state index in [-0.39, 0.29) is 12.2 Å². The average Bonchev–Trinajstić information content (AvgIpc) is 2.50. The van der Waals surface area contributed by atoms with E-state index in [0.717, 1.165) is 11.8 Å². The number of aliphatic hydroxyl groups excluding tert-OH is 1. The summed E-state index contributed by atoms with van der Waals surface area (Å²) >= 11 is 0. The fourth-order valence-electron chi connectivity index (χ4n) is 2.41. The third-order valence-corrected chi connectivity index (χ3v) is 3.37. The predicted octanol–water partition coefficient (Wildman–Crippen LogP) is 2.86. The molecule has 0 heterocycles. The van der Waals surface area contributed by atoms with E-state index in [1.165, 1.54) is 7.11 Å². The quantitative estimate of drug-likeness (QED) is 0.839. The molecule has 0 aliphatic heterocycles. The second kappa shape index (κ2) is 5.92. The number of hydrogen-bond donors (Lipinski definition) is 1. The molecule has 1 unspecified atom stereocenters. The van der Waals surface area contributed by atoms with Gasteiger partial charge in [0.1, 0.15) is 5.76 Å². The summed E-state index contributed by atoms with van der Waals surface area (Å²) in [5.41, 5.74) is 0.372. The summed E-state index contributed by atoms with van der Waals surface area (Å²) in [5.74, 6) is 0.383. The van der Waals surface area contributed by atoms with Gasteiger partial charge in [-0.15, -0.1) is 0 Å². The Balaban J connectivity index is 2.57. The number of carbonyl (C=O) groups is 1. The first kappa shape index (κ1) is 14.3. The van der Waals surface area contributed by atoms with Crippen LogP contribution in [0, 0.1) is 0 Å². The molecule has 1 N–H and O–H groups in total. The van der Waals surface area contributed by atoms with Crippen molar-refractivity contribution in [3.63, 3.8) is 0 Å². The molecule has 0 aromatic heterocycles. The van der Waals surface area contributed by atoms with Gasteiger partial charge >= 0.3 is 0 Å². The molecule has 1 atom stereocenters. The summed E-state index contributed by atoms with van der Waals surface area (Å²) in [6.07, 6.45) is 2.51. The normalized spacial score (nSPS) is 22.4. The fraction of sp³-hybridized carbons (Fsp3) is 0.312. The van der Waals surface area contributed by atoms with E-state index in [1.54, 1.807) is 6.08 Å². The van der Waals surface area contributed by atoms with Crippen molar-refractivity contribution < 1.29 is 19.4 Å². The summed E-state index contributed by atoms with van der Waals surface area (Å²) < 4.78 is 10.8. The van der Waals surface area contributed by atoms with Crippen LogP contribution in [-0.2, 0) is 14.3 Å². The monoisotopic (exact) mass is 274 g/mol. The summed E-state index contributed by atoms with van der Waals surface area (Å²) in [6, 6.07) is 9.42. The maximum Gasteiger partial charge on any atom is 0.156 e. The lowest BCUT2D eigenvalue weighted by atomic mass is 9.82. The largest absolute Gasteiger partial charge is 0.504 e. The Morgan fingerprint density at radius 3 is 2.60 bits per heavy atom. The van der Waals surface area contributed by atoms with E-state index >= 15 is 0 Å². The maximum atomic E-state index is 11.7. The maximum absolute atomic E-state index is 11.7. The van der Waals surface area contributed by atoms with E-state index in [1.807, 2.05) is 37.3 Å². The van der Waals surface area contributed by atoms with Gasteiger partial charge in [0.05, 0.1) is 7.11 Å². The first-order valence-corrected chi connectivity index (χ1v) is 6.51. The molecule has 1 aromatic rings. The van der Waals surface area contributed by atoms with Gasteiger partial charge in [-0.25, -0.2) is 0 Å². The smallest absolute Gasteiger partial charge is 0.156 e. The second-order valence-electron chi connectivity index (χ2n) is 4.55. The number of hydrogen-bond acceptors (Lipinski definition) is 4. The Morgan fingerprint density at radius 2 is 2.05 bits per heavy atom. The van der Waals surface area contributed by atoms with Gasteiger partial charge < -0.3 is 14.6 Å². The highest BCUT2D eigenvalue weighted by Crippen LogP contribution is 2.39. The number of carbonyl (C=O) groups excluding carboxylic acids is 1. The van der Waals surface area contributed by atoms with E-state index in [0.29, 0.717) is 17.9 Å². The standard InChI is InChI=1S/C16H18O4/c1-3-20-16(11-17)10-15(19-2)14(18)9-13(16)12-7-5-4-6-8-12/h4-9,11,18H,3,10H2,1-2H3. The van der Waals surface area contributed by atoms with E-state index in [9.17, 15) is 9.90 Å². The number of ether oxygens (including phenoxy) is 2. The molecule has 0 bridgehead atoms. The van der Waals surface area contributed by atoms with Gasteiger partial charge in [0.2, 0.25) is 0 Å². The summed E-state index contributed by atoms with van der Waals surface area (Å²) in [7, 11) is 1.47. The predicted molar refractivity (Wildman–Crippen MR) is 76.1 cm³/mol. The third kappa shape index (κ3) is 2.47. The minimum absolute atomic E-state index is 0.0310. The summed E-state index contributed by atoms with van der Waals surface area (Å²) in [4.78, 5) is 11.7. The Hall–Kier alpha value is -2.07. The minimum atomic E-state index is -1.12. The van der Waals surface area contributed by atoms with Crippen LogP contribution in [0.5, 0.6) is 0 Å². The Bertz CT molecular complexity index is 545. The molecule has 2 rings (SSSR count). The topological polar surface area (TPSA) is 55.8 Å². The Kier molecular flexibility index (Phi) is 4.25. The molecule has 4 heteroatoms. The van der Waals surface area contributed by atoms with Crippen LogP contribution in [0.4, 0.5) is 0 Å². The van der Waals surface area contributed by atoms with Crippen LogP contribution in [0.3, 0.4) is 0 Å². The van der Waals surface area contributed by atoms with E-state index < -0.39 is 5.60 Å². The highest BCUT2D eigenvalue weighted by molar-refractivity contribution is 5.91. The molecule has 0 radical (unpaired) electrons. The van der Waals surface area contributed by atoms with Crippen LogP contribution < -0.4 is 0 Å². The molecule has 4 nitrogen and oxygen atoms in total. The molecule has 0 saturated carbocycles. The van der Waals surface area contributed by atoms with Crippen molar-refractivity contribution >= 4 is 11.9 Å². The zero-order valence-electron chi connectivity index (χ0n) is 11.6. The minimum Gasteiger partial charge on any atom is -0.504 e. The fourth-order valence-corrected chi connectivity index (χ4v) is 2.41. The molecule has 1 aliphatic carbocycles.